The molecule has 2 amide bonds. The van der Waals surface area contributed by atoms with Crippen molar-refractivity contribution in [1.29, 1.82) is 0 Å². The minimum Gasteiger partial charge on any atom is -0.508 e. The number of guanidine groups is 1. The lowest BCUT2D eigenvalue weighted by molar-refractivity contribution is -0.137. The van der Waals surface area contributed by atoms with Gasteiger partial charge in [0.25, 0.3) is 5.91 Å². The number of hydrogen-bond donors (Lipinski definition) is 7. The number of rotatable bonds is 9. The van der Waals surface area contributed by atoms with E-state index in [4.69, 9.17) is 0 Å². The van der Waals surface area contributed by atoms with Gasteiger partial charge in [-0.15, -0.1) is 0 Å². The van der Waals surface area contributed by atoms with Crippen LogP contribution in [0.1, 0.15) is 54.7 Å². The molecule has 7 N–H and O–H groups in total. The van der Waals surface area contributed by atoms with E-state index in [0.717, 1.165) is 16.7 Å². The van der Waals surface area contributed by atoms with Crippen LogP contribution in [0.4, 0.5) is 5.69 Å². The largest absolute Gasteiger partial charge is 0.508 e. The summed E-state index contributed by atoms with van der Waals surface area (Å²) in [5.74, 6) is -2.13. The number of aliphatic imine (C=N–C) groups is 1. The molecule has 0 saturated carbocycles. The van der Waals surface area contributed by atoms with Gasteiger partial charge in [0.15, 0.2) is 5.96 Å². The summed E-state index contributed by atoms with van der Waals surface area (Å²) in [6.45, 7) is 6.18. The first-order valence-electron chi connectivity index (χ1n) is 13.6. The van der Waals surface area contributed by atoms with Crippen molar-refractivity contribution in [3.8, 4) is 16.9 Å². The molecular formula is C30H35N7O6. The molecule has 3 aromatic rings. The summed E-state index contributed by atoms with van der Waals surface area (Å²) >= 11 is 0. The SMILES string of the molecule is CC(C)(C)c1cc(-c2cncnc2)cc([C@H](CC(=O)O)NC(=O)CNC(=O)c2cc(O)cc(NC3=NCC(O)CN3)c2)c1. The van der Waals surface area contributed by atoms with Crippen molar-refractivity contribution in [2.24, 2.45) is 4.99 Å². The Morgan fingerprint density at radius 3 is 2.44 bits per heavy atom. The minimum absolute atomic E-state index is 0.0847. The Balaban J connectivity index is 1.48. The molecule has 0 bridgehead atoms. The van der Waals surface area contributed by atoms with Gasteiger partial charge in [0.2, 0.25) is 5.91 Å². The van der Waals surface area contributed by atoms with E-state index in [2.05, 4.69) is 36.2 Å². The number of β-amino-alcohol motifs (C(OH)–C–C–N with tert-alkyl or cyclic N) is 1. The van der Waals surface area contributed by atoms with E-state index in [-0.39, 0.29) is 29.7 Å². The molecule has 1 aliphatic heterocycles. The Kier molecular flexibility index (Phi) is 9.56. The number of amides is 2. The highest BCUT2D eigenvalue weighted by atomic mass is 16.4. The van der Waals surface area contributed by atoms with E-state index in [9.17, 15) is 29.7 Å². The number of carbonyl (C=O) groups excluding carboxylic acids is 2. The van der Waals surface area contributed by atoms with E-state index >= 15 is 0 Å². The third kappa shape index (κ3) is 8.72. The molecular weight excluding hydrogens is 554 g/mol. The van der Waals surface area contributed by atoms with Crippen LogP contribution in [0, 0.1) is 0 Å². The number of phenols is 1. The zero-order valence-corrected chi connectivity index (χ0v) is 24.1. The molecule has 0 aliphatic carbocycles. The second kappa shape index (κ2) is 13.3. The molecule has 2 aromatic carbocycles. The number of carboxylic acids is 1. The lowest BCUT2D eigenvalue weighted by atomic mass is 9.83. The van der Waals surface area contributed by atoms with Crippen molar-refractivity contribution in [3.05, 3.63) is 71.8 Å². The van der Waals surface area contributed by atoms with Gasteiger partial charge < -0.3 is 36.6 Å². The molecule has 2 heterocycles. The van der Waals surface area contributed by atoms with Crippen molar-refractivity contribution in [2.45, 2.75) is 44.8 Å². The lowest BCUT2D eigenvalue weighted by Gasteiger charge is -2.24. The van der Waals surface area contributed by atoms with Crippen LogP contribution in [0.3, 0.4) is 0 Å². The number of phenolic OH excluding ortho intramolecular Hbond substituents is 1. The summed E-state index contributed by atoms with van der Waals surface area (Å²) in [4.78, 5) is 49.9. The van der Waals surface area contributed by atoms with Gasteiger partial charge in [-0.3, -0.25) is 19.4 Å². The van der Waals surface area contributed by atoms with Crippen LogP contribution in [0.2, 0.25) is 0 Å². The summed E-state index contributed by atoms with van der Waals surface area (Å²) in [6, 6.07) is 8.89. The summed E-state index contributed by atoms with van der Waals surface area (Å²) in [5.41, 5.74) is 3.22. The van der Waals surface area contributed by atoms with Crippen molar-refractivity contribution >= 4 is 29.4 Å². The van der Waals surface area contributed by atoms with Gasteiger partial charge in [0.05, 0.1) is 31.7 Å². The average molecular weight is 590 g/mol. The second-order valence-electron chi connectivity index (χ2n) is 11.2. The van der Waals surface area contributed by atoms with Gasteiger partial charge in [0, 0.05) is 41.8 Å². The molecule has 13 nitrogen and oxygen atoms in total. The van der Waals surface area contributed by atoms with E-state index in [1.165, 1.54) is 24.5 Å². The molecule has 0 fully saturated rings. The topological polar surface area (TPSA) is 198 Å². The van der Waals surface area contributed by atoms with Crippen molar-refractivity contribution < 1.29 is 29.7 Å². The number of benzene rings is 2. The average Bonchev–Trinajstić information content (AvgIpc) is 2.96. The van der Waals surface area contributed by atoms with Crippen LogP contribution in [-0.4, -0.2) is 74.8 Å². The third-order valence-corrected chi connectivity index (χ3v) is 6.65. The number of carboxylic acid groups (broad SMARTS) is 1. The summed E-state index contributed by atoms with van der Waals surface area (Å²) in [6.07, 6.45) is 3.76. The molecule has 43 heavy (non-hydrogen) atoms. The fourth-order valence-electron chi connectivity index (χ4n) is 4.40. The third-order valence-electron chi connectivity index (χ3n) is 6.65. The lowest BCUT2D eigenvalue weighted by Crippen LogP contribution is -2.42. The maximum atomic E-state index is 13.0. The Morgan fingerprint density at radius 1 is 1.05 bits per heavy atom. The monoisotopic (exact) mass is 589 g/mol. The number of aliphatic hydroxyl groups is 1. The van der Waals surface area contributed by atoms with Crippen molar-refractivity contribution in [2.75, 3.05) is 25.0 Å². The number of hydrogen-bond acceptors (Lipinski definition) is 10. The number of aliphatic hydroxyl groups excluding tert-OH is 1. The first-order valence-corrected chi connectivity index (χ1v) is 13.6. The quantitative estimate of drug-likeness (QED) is 0.194. The highest BCUT2D eigenvalue weighted by Crippen LogP contribution is 2.32. The number of aromatic nitrogens is 2. The summed E-state index contributed by atoms with van der Waals surface area (Å²) in [7, 11) is 0. The second-order valence-corrected chi connectivity index (χ2v) is 11.2. The molecule has 1 aromatic heterocycles. The molecule has 0 saturated heterocycles. The maximum Gasteiger partial charge on any atom is 0.305 e. The van der Waals surface area contributed by atoms with Crippen LogP contribution >= 0.6 is 0 Å². The van der Waals surface area contributed by atoms with Crippen LogP contribution in [0.5, 0.6) is 5.75 Å². The van der Waals surface area contributed by atoms with Gasteiger partial charge in [-0.1, -0.05) is 32.9 Å². The van der Waals surface area contributed by atoms with Gasteiger partial charge in [-0.2, -0.15) is 0 Å². The first-order chi connectivity index (χ1) is 20.4. The normalized spacial score (nSPS) is 15.4. The van der Waals surface area contributed by atoms with Crippen LogP contribution in [0.15, 0.2) is 60.1 Å². The van der Waals surface area contributed by atoms with Gasteiger partial charge >= 0.3 is 5.97 Å². The standard InChI is InChI=1S/C30H35N7O6/c1-30(2,3)21-5-17(20-11-31-16-32-12-20)4-18(6-21)25(10-27(41)42)37-26(40)15-33-28(43)19-7-22(9-23(38)8-19)36-29-34-13-24(39)14-35-29/h4-9,11-12,16,24-25,38-39H,10,13-15H2,1-3H3,(H,33,43)(H,37,40)(H,41,42)(H2,34,35,36)/t25-/m0/s1. The Hall–Kier alpha value is -5.04. The van der Waals surface area contributed by atoms with E-state index in [1.54, 1.807) is 18.5 Å². The fraction of sp³-hybridized carbons (Fsp3) is 0.333. The van der Waals surface area contributed by atoms with Gasteiger partial charge in [0.1, 0.15) is 12.1 Å². The predicted molar refractivity (Wildman–Crippen MR) is 160 cm³/mol. The van der Waals surface area contributed by atoms with E-state index < -0.39 is 36.5 Å². The van der Waals surface area contributed by atoms with Crippen molar-refractivity contribution in [1.82, 2.24) is 25.9 Å². The maximum absolute atomic E-state index is 13.0. The molecule has 2 atom stereocenters. The first kappa shape index (κ1) is 30.9. The summed E-state index contributed by atoms with van der Waals surface area (Å²) < 4.78 is 0. The minimum atomic E-state index is -1.11. The zero-order valence-electron chi connectivity index (χ0n) is 24.1. The molecule has 226 valence electrons. The van der Waals surface area contributed by atoms with E-state index in [1.807, 2.05) is 32.9 Å². The fourth-order valence-corrected chi connectivity index (χ4v) is 4.40. The van der Waals surface area contributed by atoms with Crippen LogP contribution in [0.25, 0.3) is 11.1 Å². The number of nitrogens with zero attached hydrogens (tertiary/aromatic N) is 3. The molecule has 0 spiro atoms. The molecule has 4 rings (SSSR count). The highest BCUT2D eigenvalue weighted by molar-refractivity contribution is 6.00. The smallest absolute Gasteiger partial charge is 0.305 e. The molecule has 1 aliphatic rings. The molecule has 1 unspecified atom stereocenters. The van der Waals surface area contributed by atoms with Gasteiger partial charge in [-0.05, 0) is 40.3 Å². The number of aliphatic carboxylic acids is 1. The Morgan fingerprint density at radius 2 is 1.79 bits per heavy atom. The summed E-state index contributed by atoms with van der Waals surface area (Å²) in [5, 5.41) is 40.4. The van der Waals surface area contributed by atoms with E-state index in [0.29, 0.717) is 23.8 Å². The van der Waals surface area contributed by atoms with Crippen LogP contribution in [-0.2, 0) is 15.0 Å². The molecule has 0 radical (unpaired) electrons. The number of aromatic hydroxyl groups is 1. The number of anilines is 1. The van der Waals surface area contributed by atoms with Crippen LogP contribution < -0.4 is 21.3 Å². The Bertz CT molecular complexity index is 1520. The highest BCUT2D eigenvalue weighted by Gasteiger charge is 2.23. The zero-order chi connectivity index (χ0) is 31.1. The number of nitrogens with one attached hydrogen (secondary N) is 4. The number of carbonyl (C=O) groups is 3. The molecule has 13 heteroatoms. The van der Waals surface area contributed by atoms with Crippen molar-refractivity contribution in [3.63, 3.8) is 0 Å². The Labute approximate surface area is 248 Å². The van der Waals surface area contributed by atoms with Gasteiger partial charge in [-0.25, -0.2) is 9.97 Å². The predicted octanol–water partition coefficient (Wildman–Crippen LogP) is 1.94.